The Balaban J connectivity index is 1.85. The van der Waals surface area contributed by atoms with Crippen molar-refractivity contribution in [1.29, 1.82) is 0 Å². The molecule has 2 aromatic carbocycles. The summed E-state index contributed by atoms with van der Waals surface area (Å²) < 4.78 is 80.9. The van der Waals surface area contributed by atoms with Crippen molar-refractivity contribution in [2.45, 2.75) is 12.4 Å². The molecule has 130 valence electrons. The molecule has 0 aliphatic carbocycles. The Morgan fingerprint density at radius 2 is 0.800 bits per heavy atom. The Bertz CT molecular complexity index is 782. The van der Waals surface area contributed by atoms with Gasteiger partial charge in [-0.3, -0.25) is 0 Å². The summed E-state index contributed by atoms with van der Waals surface area (Å²) in [5.41, 5.74) is -0.672. The largest absolute Gasteiger partial charge is 0.456 e. The quantitative estimate of drug-likeness (QED) is 0.469. The van der Waals surface area contributed by atoms with Crippen LogP contribution in [0.4, 0.5) is 26.3 Å². The van der Waals surface area contributed by atoms with E-state index in [0.717, 1.165) is 24.3 Å². The van der Waals surface area contributed by atoms with E-state index in [1.807, 2.05) is 0 Å². The van der Waals surface area contributed by atoms with E-state index >= 15 is 0 Å². The van der Waals surface area contributed by atoms with Gasteiger partial charge >= 0.3 is 12.4 Å². The summed E-state index contributed by atoms with van der Waals surface area (Å²) in [6.07, 6.45) is -8.85. The van der Waals surface area contributed by atoms with Crippen molar-refractivity contribution >= 4 is 0 Å². The van der Waals surface area contributed by atoms with E-state index in [9.17, 15) is 26.3 Å². The summed E-state index contributed by atoms with van der Waals surface area (Å²) in [5, 5.41) is 0. The fourth-order valence-electron chi connectivity index (χ4n) is 2.30. The van der Waals surface area contributed by atoms with Crippen molar-refractivity contribution in [1.82, 2.24) is 0 Å². The van der Waals surface area contributed by atoms with Crippen LogP contribution in [0.3, 0.4) is 0 Å². The van der Waals surface area contributed by atoms with E-state index < -0.39 is 23.5 Å². The average molecular weight is 356 g/mol. The first-order chi connectivity index (χ1) is 11.6. The van der Waals surface area contributed by atoms with Crippen LogP contribution in [0, 0.1) is 0 Å². The Hall–Kier alpha value is -2.70. The van der Waals surface area contributed by atoms with Gasteiger partial charge in [-0.2, -0.15) is 26.3 Å². The van der Waals surface area contributed by atoms with Crippen LogP contribution in [-0.2, 0) is 12.4 Å². The fourth-order valence-corrected chi connectivity index (χ4v) is 2.30. The first kappa shape index (κ1) is 17.1. The second kappa shape index (κ2) is 5.98. The molecule has 1 aromatic heterocycles. The molecule has 25 heavy (non-hydrogen) atoms. The van der Waals surface area contributed by atoms with E-state index in [4.69, 9.17) is 4.42 Å². The predicted molar refractivity (Wildman–Crippen MR) is 79.6 cm³/mol. The number of rotatable bonds is 2. The second-order valence-corrected chi connectivity index (χ2v) is 5.31. The summed E-state index contributed by atoms with van der Waals surface area (Å²) in [5.74, 6) is 0.646. The molecule has 1 heterocycles. The zero-order valence-corrected chi connectivity index (χ0v) is 12.4. The third-order valence-corrected chi connectivity index (χ3v) is 3.60. The molecule has 0 spiro atoms. The van der Waals surface area contributed by atoms with E-state index in [2.05, 4.69) is 0 Å². The Morgan fingerprint density at radius 1 is 0.480 bits per heavy atom. The van der Waals surface area contributed by atoms with E-state index in [1.54, 1.807) is 12.1 Å². The van der Waals surface area contributed by atoms with Gasteiger partial charge in [0, 0.05) is 11.1 Å². The van der Waals surface area contributed by atoms with E-state index in [-0.39, 0.29) is 0 Å². The minimum absolute atomic E-state index is 0.323. The Morgan fingerprint density at radius 3 is 1.08 bits per heavy atom. The molecule has 0 atom stereocenters. The van der Waals surface area contributed by atoms with Crippen LogP contribution < -0.4 is 0 Å². The highest BCUT2D eigenvalue weighted by molar-refractivity contribution is 5.65. The number of benzene rings is 2. The monoisotopic (exact) mass is 356 g/mol. The molecule has 0 unspecified atom stereocenters. The molecule has 0 aliphatic rings. The van der Waals surface area contributed by atoms with Gasteiger partial charge in [-0.05, 0) is 36.4 Å². The van der Waals surface area contributed by atoms with E-state index in [1.165, 1.54) is 24.3 Å². The van der Waals surface area contributed by atoms with Crippen molar-refractivity contribution in [3.8, 4) is 22.6 Å². The van der Waals surface area contributed by atoms with Crippen LogP contribution in [0.5, 0.6) is 0 Å². The summed E-state index contributed by atoms with van der Waals surface area (Å²) in [6.45, 7) is 0. The number of alkyl halides is 6. The second-order valence-electron chi connectivity index (χ2n) is 5.31. The highest BCUT2D eigenvalue weighted by Gasteiger charge is 2.31. The molecule has 0 aliphatic heterocycles. The van der Waals surface area contributed by atoms with Crippen LogP contribution in [-0.4, -0.2) is 0 Å². The predicted octanol–water partition coefficient (Wildman–Crippen LogP) is 6.65. The molecular weight excluding hydrogens is 346 g/mol. The third-order valence-electron chi connectivity index (χ3n) is 3.60. The van der Waals surface area contributed by atoms with Crippen molar-refractivity contribution in [2.24, 2.45) is 0 Å². The van der Waals surface area contributed by atoms with Gasteiger partial charge in [-0.15, -0.1) is 0 Å². The van der Waals surface area contributed by atoms with Crippen LogP contribution in [0.2, 0.25) is 0 Å². The van der Waals surface area contributed by atoms with Crippen LogP contribution >= 0.6 is 0 Å². The van der Waals surface area contributed by atoms with Crippen molar-refractivity contribution in [3.63, 3.8) is 0 Å². The van der Waals surface area contributed by atoms with Crippen molar-refractivity contribution in [2.75, 3.05) is 0 Å². The van der Waals surface area contributed by atoms with Gasteiger partial charge in [0.15, 0.2) is 0 Å². The summed E-state index contributed by atoms with van der Waals surface area (Å²) in [4.78, 5) is 0. The molecule has 0 saturated carbocycles. The molecule has 0 bridgehead atoms. The minimum Gasteiger partial charge on any atom is -0.456 e. The van der Waals surface area contributed by atoms with Gasteiger partial charge in [-0.25, -0.2) is 0 Å². The number of halogens is 6. The number of hydrogen-bond acceptors (Lipinski definition) is 1. The average Bonchev–Trinajstić information content (AvgIpc) is 3.03. The van der Waals surface area contributed by atoms with Crippen LogP contribution in [0.1, 0.15) is 11.1 Å². The molecule has 0 amide bonds. The maximum atomic E-state index is 12.6. The van der Waals surface area contributed by atoms with Crippen LogP contribution in [0.15, 0.2) is 65.1 Å². The van der Waals surface area contributed by atoms with Crippen molar-refractivity contribution in [3.05, 3.63) is 71.8 Å². The molecular formula is C18H10F6O. The lowest BCUT2D eigenvalue weighted by atomic mass is 10.1. The van der Waals surface area contributed by atoms with Gasteiger partial charge in [0.1, 0.15) is 11.5 Å². The molecule has 0 fully saturated rings. The lowest BCUT2D eigenvalue weighted by molar-refractivity contribution is -0.138. The number of furan rings is 1. The standard InChI is InChI=1S/C18H10F6O/c19-17(20,21)13-5-1-11(2-6-13)15-9-10-16(25-15)12-3-7-14(8-4-12)18(22,23)24/h1-10H. The molecule has 3 rings (SSSR count). The SMILES string of the molecule is FC(F)(F)c1ccc(-c2ccc(-c3ccc(C(F)(F)F)cc3)o2)cc1. The summed E-state index contributed by atoms with van der Waals surface area (Å²) >= 11 is 0. The lowest BCUT2D eigenvalue weighted by Crippen LogP contribution is -2.03. The van der Waals surface area contributed by atoms with E-state index in [0.29, 0.717) is 22.6 Å². The fraction of sp³-hybridized carbons (Fsp3) is 0.111. The highest BCUT2D eigenvalue weighted by Crippen LogP contribution is 2.34. The molecule has 3 aromatic rings. The van der Waals surface area contributed by atoms with Gasteiger partial charge in [-0.1, -0.05) is 24.3 Å². The molecule has 1 nitrogen and oxygen atoms in total. The van der Waals surface area contributed by atoms with Crippen molar-refractivity contribution < 1.29 is 30.8 Å². The molecule has 0 radical (unpaired) electrons. The highest BCUT2D eigenvalue weighted by atomic mass is 19.4. The minimum atomic E-state index is -4.42. The normalized spacial score (nSPS) is 12.4. The molecule has 7 heteroatoms. The smallest absolute Gasteiger partial charge is 0.416 e. The first-order valence-electron chi connectivity index (χ1n) is 7.10. The summed E-state index contributed by atoms with van der Waals surface area (Å²) in [6, 6.07) is 12.0. The zero-order chi connectivity index (χ0) is 18.2. The Kier molecular flexibility index (Phi) is 4.10. The number of hydrogen-bond donors (Lipinski definition) is 0. The molecule has 0 saturated heterocycles. The first-order valence-corrected chi connectivity index (χ1v) is 7.10. The Labute approximate surface area is 138 Å². The maximum absolute atomic E-state index is 12.6. The third kappa shape index (κ3) is 3.70. The van der Waals surface area contributed by atoms with Crippen LogP contribution in [0.25, 0.3) is 22.6 Å². The molecule has 0 N–H and O–H groups in total. The maximum Gasteiger partial charge on any atom is 0.416 e. The van der Waals surface area contributed by atoms with Gasteiger partial charge in [0.25, 0.3) is 0 Å². The van der Waals surface area contributed by atoms with Gasteiger partial charge in [0.05, 0.1) is 11.1 Å². The summed E-state index contributed by atoms with van der Waals surface area (Å²) in [7, 11) is 0. The van der Waals surface area contributed by atoms with Gasteiger partial charge < -0.3 is 4.42 Å². The lowest BCUT2D eigenvalue weighted by Gasteiger charge is -2.07. The van der Waals surface area contributed by atoms with Gasteiger partial charge in [0.2, 0.25) is 0 Å². The zero-order valence-electron chi connectivity index (χ0n) is 12.4. The topological polar surface area (TPSA) is 13.1 Å².